The molecule has 0 saturated heterocycles. The minimum Gasteiger partial charge on any atom is -0.480 e. The highest BCUT2D eigenvalue weighted by molar-refractivity contribution is 8.00. The van der Waals surface area contributed by atoms with Gasteiger partial charge < -0.3 is 10.0 Å². The van der Waals surface area contributed by atoms with Crippen LogP contribution in [0.3, 0.4) is 0 Å². The highest BCUT2D eigenvalue weighted by Crippen LogP contribution is 2.42. The second-order valence-corrected chi connectivity index (χ2v) is 5.46. The average Bonchev–Trinajstić information content (AvgIpc) is 2.23. The fraction of sp³-hybridized carbons (Fsp3) is 0.364. The minimum atomic E-state index is -0.773. The Morgan fingerprint density at radius 1 is 1.56 bits per heavy atom. The zero-order valence-corrected chi connectivity index (χ0v) is 10.5. The van der Waals surface area contributed by atoms with E-state index in [-0.39, 0.29) is 6.04 Å². The first-order valence-corrected chi connectivity index (χ1v) is 6.18. The number of nitrogens with zero attached hydrogens (tertiary/aromatic N) is 1. The number of benzene rings is 1. The number of rotatable bonds is 1. The first-order valence-electron chi connectivity index (χ1n) is 4.92. The zero-order chi connectivity index (χ0) is 11.9. The van der Waals surface area contributed by atoms with Crippen LogP contribution in [0.2, 0.25) is 5.02 Å². The van der Waals surface area contributed by atoms with Gasteiger partial charge in [-0.05, 0) is 25.1 Å². The molecule has 2 atom stereocenters. The number of carbonyl (C=O) groups is 1. The molecule has 0 aromatic heterocycles. The van der Waals surface area contributed by atoms with Crippen molar-refractivity contribution in [3.8, 4) is 0 Å². The predicted molar refractivity (Wildman–Crippen MR) is 66.6 cm³/mol. The monoisotopic (exact) mass is 257 g/mol. The van der Waals surface area contributed by atoms with Crippen LogP contribution < -0.4 is 4.90 Å². The summed E-state index contributed by atoms with van der Waals surface area (Å²) in [6.45, 7) is 1.91. The van der Waals surface area contributed by atoms with Gasteiger partial charge in [0.15, 0.2) is 0 Å². The first-order chi connectivity index (χ1) is 7.50. The van der Waals surface area contributed by atoms with Gasteiger partial charge in [-0.1, -0.05) is 11.6 Å². The van der Waals surface area contributed by atoms with Gasteiger partial charge in [0.25, 0.3) is 0 Å². The number of aliphatic carboxylic acids is 1. The number of thioether (sulfide) groups is 1. The van der Waals surface area contributed by atoms with Crippen LogP contribution in [-0.4, -0.2) is 29.4 Å². The normalized spacial score (nSPS) is 24.1. The summed E-state index contributed by atoms with van der Waals surface area (Å²) in [5.41, 5.74) is 1.00. The lowest BCUT2D eigenvalue weighted by atomic mass is 10.1. The Morgan fingerprint density at radius 3 is 2.88 bits per heavy atom. The Morgan fingerprint density at radius 2 is 2.25 bits per heavy atom. The van der Waals surface area contributed by atoms with Crippen LogP contribution in [0, 0.1) is 0 Å². The van der Waals surface area contributed by atoms with Gasteiger partial charge >= 0.3 is 5.97 Å². The van der Waals surface area contributed by atoms with E-state index in [1.54, 1.807) is 6.07 Å². The molecule has 0 radical (unpaired) electrons. The lowest BCUT2D eigenvalue weighted by molar-refractivity contribution is -0.136. The fourth-order valence-corrected chi connectivity index (χ4v) is 3.17. The van der Waals surface area contributed by atoms with Gasteiger partial charge in [0.2, 0.25) is 0 Å². The van der Waals surface area contributed by atoms with E-state index in [1.807, 2.05) is 31.0 Å². The maximum atomic E-state index is 11.1. The molecule has 1 N–H and O–H groups in total. The van der Waals surface area contributed by atoms with E-state index < -0.39 is 11.2 Å². The molecule has 1 aromatic rings. The second kappa shape index (κ2) is 4.18. The van der Waals surface area contributed by atoms with Crippen LogP contribution in [0.4, 0.5) is 5.69 Å². The van der Waals surface area contributed by atoms with Crippen molar-refractivity contribution in [3.05, 3.63) is 23.2 Å². The molecule has 16 heavy (non-hydrogen) atoms. The molecular weight excluding hydrogens is 246 g/mol. The highest BCUT2D eigenvalue weighted by Gasteiger charge is 2.34. The van der Waals surface area contributed by atoms with Crippen molar-refractivity contribution in [1.29, 1.82) is 0 Å². The van der Waals surface area contributed by atoms with Crippen LogP contribution in [0.25, 0.3) is 0 Å². The Hall–Kier alpha value is -0.870. The molecule has 5 heteroatoms. The van der Waals surface area contributed by atoms with Crippen LogP contribution in [0.1, 0.15) is 6.92 Å². The number of hydrogen-bond acceptors (Lipinski definition) is 3. The Bertz CT molecular complexity index is 438. The van der Waals surface area contributed by atoms with Gasteiger partial charge in [-0.25, -0.2) is 0 Å². The topological polar surface area (TPSA) is 40.5 Å². The van der Waals surface area contributed by atoms with Gasteiger partial charge in [-0.3, -0.25) is 4.79 Å². The number of carboxylic acid groups (broad SMARTS) is 1. The molecule has 1 aliphatic rings. The first kappa shape index (κ1) is 11.6. The molecule has 3 nitrogen and oxygen atoms in total. The van der Waals surface area contributed by atoms with E-state index in [4.69, 9.17) is 16.7 Å². The van der Waals surface area contributed by atoms with Crippen molar-refractivity contribution in [2.24, 2.45) is 0 Å². The van der Waals surface area contributed by atoms with E-state index in [0.29, 0.717) is 5.02 Å². The quantitative estimate of drug-likeness (QED) is 0.840. The Labute approximate surface area is 103 Å². The molecule has 0 fully saturated rings. The summed E-state index contributed by atoms with van der Waals surface area (Å²) < 4.78 is 0. The van der Waals surface area contributed by atoms with Crippen LogP contribution in [0.5, 0.6) is 0 Å². The van der Waals surface area contributed by atoms with Crippen molar-refractivity contribution in [2.45, 2.75) is 23.1 Å². The summed E-state index contributed by atoms with van der Waals surface area (Å²) in [5, 5.41) is 9.37. The van der Waals surface area contributed by atoms with Crippen molar-refractivity contribution in [3.63, 3.8) is 0 Å². The van der Waals surface area contributed by atoms with Gasteiger partial charge in [-0.2, -0.15) is 0 Å². The van der Waals surface area contributed by atoms with E-state index in [9.17, 15) is 4.79 Å². The summed E-state index contributed by atoms with van der Waals surface area (Å²) >= 11 is 7.32. The van der Waals surface area contributed by atoms with E-state index in [2.05, 4.69) is 0 Å². The summed E-state index contributed by atoms with van der Waals surface area (Å²) in [6, 6.07) is 5.49. The number of halogens is 1. The lowest BCUT2D eigenvalue weighted by Crippen LogP contribution is -2.44. The molecule has 0 bridgehead atoms. The van der Waals surface area contributed by atoms with Gasteiger partial charge in [0.1, 0.15) is 5.25 Å². The van der Waals surface area contributed by atoms with Crippen molar-refractivity contribution < 1.29 is 9.90 Å². The molecule has 2 unspecified atom stereocenters. The van der Waals surface area contributed by atoms with E-state index in [1.165, 1.54) is 11.8 Å². The van der Waals surface area contributed by atoms with Gasteiger partial charge in [0.05, 0.1) is 5.69 Å². The third-order valence-corrected chi connectivity index (χ3v) is 4.53. The van der Waals surface area contributed by atoms with E-state index >= 15 is 0 Å². The molecule has 1 heterocycles. The fourth-order valence-electron chi connectivity index (χ4n) is 1.78. The van der Waals surface area contributed by atoms with Crippen molar-refractivity contribution in [2.75, 3.05) is 11.9 Å². The third-order valence-electron chi connectivity index (χ3n) is 2.85. The number of carboxylic acids is 1. The summed E-state index contributed by atoms with van der Waals surface area (Å²) in [7, 11) is 1.90. The number of anilines is 1. The molecule has 86 valence electrons. The molecule has 1 aliphatic heterocycles. The van der Waals surface area contributed by atoms with E-state index in [0.717, 1.165) is 10.6 Å². The SMILES string of the molecule is CC1C(C(=O)O)Sc2ccc(Cl)cc2N1C. The minimum absolute atomic E-state index is 0.0477. The molecule has 1 aromatic carbocycles. The maximum absolute atomic E-state index is 11.1. The molecule has 0 saturated carbocycles. The van der Waals surface area contributed by atoms with Crippen LogP contribution in [-0.2, 0) is 4.79 Å². The zero-order valence-electron chi connectivity index (χ0n) is 8.98. The molecule has 0 spiro atoms. The standard InChI is InChI=1S/C11H12ClNO2S/c1-6-10(11(14)15)16-9-4-3-7(12)5-8(9)13(6)2/h3-6,10H,1-2H3,(H,14,15). The predicted octanol–water partition coefficient (Wildman–Crippen LogP) is 2.72. The third kappa shape index (κ3) is 1.87. The Balaban J connectivity index is 2.44. The second-order valence-electron chi connectivity index (χ2n) is 3.84. The highest BCUT2D eigenvalue weighted by atomic mass is 35.5. The average molecular weight is 258 g/mol. The molecule has 0 amide bonds. The van der Waals surface area contributed by atoms with Gasteiger partial charge in [0, 0.05) is 23.0 Å². The molecule has 0 aliphatic carbocycles. The number of fused-ring (bicyclic) bond motifs is 1. The van der Waals surface area contributed by atoms with Gasteiger partial charge in [-0.15, -0.1) is 11.8 Å². The summed E-state index contributed by atoms with van der Waals surface area (Å²) in [6.07, 6.45) is 0. The largest absolute Gasteiger partial charge is 0.480 e. The maximum Gasteiger partial charge on any atom is 0.319 e. The molecular formula is C11H12ClNO2S. The smallest absolute Gasteiger partial charge is 0.319 e. The summed E-state index contributed by atoms with van der Waals surface area (Å²) in [5.74, 6) is -0.773. The van der Waals surface area contributed by atoms with Crippen molar-refractivity contribution in [1.82, 2.24) is 0 Å². The number of hydrogen-bond donors (Lipinski definition) is 1. The van der Waals surface area contributed by atoms with Crippen LogP contribution in [0.15, 0.2) is 23.1 Å². The summed E-state index contributed by atoms with van der Waals surface area (Å²) in [4.78, 5) is 14.1. The molecule has 2 rings (SSSR count). The lowest BCUT2D eigenvalue weighted by Gasteiger charge is -2.37. The Kier molecular flexibility index (Phi) is 3.04. The van der Waals surface area contributed by atoms with Crippen LogP contribution >= 0.6 is 23.4 Å². The van der Waals surface area contributed by atoms with Crippen molar-refractivity contribution >= 4 is 35.0 Å².